The zero-order valence-corrected chi connectivity index (χ0v) is 15.8. The quantitative estimate of drug-likeness (QED) is 0.893. The zero-order valence-electron chi connectivity index (χ0n) is 15.8. The summed E-state index contributed by atoms with van der Waals surface area (Å²) in [6.45, 7) is 8.71. The van der Waals surface area contributed by atoms with Crippen LogP contribution in [0.3, 0.4) is 0 Å². The molecule has 1 aromatic heterocycles. The first kappa shape index (κ1) is 18.3. The number of carbonyl (C=O) groups excluding carboxylic acids is 1. The number of carbonyl (C=O) groups is 1. The molecule has 1 amide bonds. The molecule has 2 heterocycles. The summed E-state index contributed by atoms with van der Waals surface area (Å²) in [5.74, 6) is 0.968. The molecule has 0 saturated carbocycles. The number of hydrogen-bond acceptors (Lipinski definition) is 5. The monoisotopic (exact) mass is 353 g/mol. The van der Waals surface area contributed by atoms with Gasteiger partial charge in [0.2, 0.25) is 5.82 Å². The van der Waals surface area contributed by atoms with Gasteiger partial charge in [-0.1, -0.05) is 30.3 Å². The Morgan fingerprint density at radius 2 is 2.00 bits per heavy atom. The van der Waals surface area contributed by atoms with Gasteiger partial charge in [-0.3, -0.25) is 4.79 Å². The van der Waals surface area contributed by atoms with Crippen molar-refractivity contribution in [3.63, 3.8) is 0 Å². The Hall–Kier alpha value is -2.47. The van der Waals surface area contributed by atoms with Gasteiger partial charge in [0.05, 0.1) is 0 Å². The first-order chi connectivity index (χ1) is 12.5. The Bertz CT molecular complexity index is 777. The molecule has 0 unspecified atom stereocenters. The minimum atomic E-state index is -0.135. The second kappa shape index (κ2) is 7.83. The molecule has 1 aliphatic rings. The first-order valence-corrected chi connectivity index (χ1v) is 9.18. The highest BCUT2D eigenvalue weighted by molar-refractivity contribution is 5.91. The van der Waals surface area contributed by atoms with Crippen molar-refractivity contribution in [1.82, 2.24) is 14.9 Å². The lowest BCUT2D eigenvalue weighted by Crippen LogP contribution is -2.33. The van der Waals surface area contributed by atoms with Crippen LogP contribution in [0.1, 0.15) is 40.8 Å². The molecule has 2 aromatic rings. The molecule has 6 nitrogen and oxygen atoms in total. The molecule has 1 saturated heterocycles. The molecule has 0 bridgehead atoms. The molecular formula is C20H27N5O. The molecule has 26 heavy (non-hydrogen) atoms. The van der Waals surface area contributed by atoms with E-state index in [9.17, 15) is 4.79 Å². The van der Waals surface area contributed by atoms with Gasteiger partial charge in [-0.15, -0.1) is 0 Å². The van der Waals surface area contributed by atoms with Gasteiger partial charge in [-0.2, -0.15) is 0 Å². The lowest BCUT2D eigenvalue weighted by Gasteiger charge is -2.23. The minimum absolute atomic E-state index is 0.135. The number of nitrogens with two attached hydrogens (primary N) is 1. The Kier molecular flexibility index (Phi) is 5.52. The van der Waals surface area contributed by atoms with E-state index in [0.29, 0.717) is 13.1 Å². The van der Waals surface area contributed by atoms with Crippen LogP contribution in [0, 0.1) is 13.8 Å². The normalized spacial score (nSPS) is 16.8. The van der Waals surface area contributed by atoms with E-state index in [4.69, 9.17) is 5.73 Å². The highest BCUT2D eigenvalue weighted by Crippen LogP contribution is 2.24. The molecule has 0 spiro atoms. The molecular weight excluding hydrogens is 326 g/mol. The fourth-order valence-electron chi connectivity index (χ4n) is 3.27. The van der Waals surface area contributed by atoms with Crippen molar-refractivity contribution >= 4 is 11.7 Å². The number of rotatable bonds is 5. The van der Waals surface area contributed by atoms with Crippen molar-refractivity contribution in [2.45, 2.75) is 39.8 Å². The molecule has 1 aliphatic heterocycles. The van der Waals surface area contributed by atoms with E-state index in [2.05, 4.69) is 14.9 Å². The van der Waals surface area contributed by atoms with Crippen LogP contribution in [0.2, 0.25) is 0 Å². The summed E-state index contributed by atoms with van der Waals surface area (Å²) in [6, 6.07) is 10.1. The van der Waals surface area contributed by atoms with Crippen molar-refractivity contribution in [1.29, 1.82) is 0 Å². The summed E-state index contributed by atoms with van der Waals surface area (Å²) >= 11 is 0. The van der Waals surface area contributed by atoms with Gasteiger partial charge < -0.3 is 15.5 Å². The number of anilines is 1. The Morgan fingerprint density at radius 1 is 1.27 bits per heavy atom. The minimum Gasteiger partial charge on any atom is -0.355 e. The third-order valence-corrected chi connectivity index (χ3v) is 4.96. The first-order valence-electron chi connectivity index (χ1n) is 9.18. The van der Waals surface area contributed by atoms with E-state index >= 15 is 0 Å². The average Bonchev–Trinajstić information content (AvgIpc) is 3.08. The van der Waals surface area contributed by atoms with E-state index in [1.54, 1.807) is 4.90 Å². The van der Waals surface area contributed by atoms with E-state index in [1.165, 1.54) is 0 Å². The van der Waals surface area contributed by atoms with Crippen LogP contribution < -0.4 is 10.6 Å². The number of benzene rings is 1. The van der Waals surface area contributed by atoms with E-state index < -0.39 is 0 Å². The zero-order chi connectivity index (χ0) is 18.7. The predicted molar refractivity (Wildman–Crippen MR) is 103 cm³/mol. The Morgan fingerprint density at radius 3 is 2.62 bits per heavy atom. The number of aryl methyl sites for hydroxylation is 1. The summed E-state index contributed by atoms with van der Waals surface area (Å²) in [4.78, 5) is 26.1. The highest BCUT2D eigenvalue weighted by atomic mass is 16.2. The fraction of sp³-hybridized carbons (Fsp3) is 0.450. The number of amides is 1. The molecule has 138 valence electrons. The van der Waals surface area contributed by atoms with Crippen molar-refractivity contribution in [3.8, 4) is 0 Å². The summed E-state index contributed by atoms with van der Waals surface area (Å²) in [5, 5.41) is 0. The van der Waals surface area contributed by atoms with Gasteiger partial charge in [0.1, 0.15) is 5.82 Å². The maximum atomic E-state index is 13.0. The lowest BCUT2D eigenvalue weighted by atomic mass is 10.2. The summed E-state index contributed by atoms with van der Waals surface area (Å²) in [5.41, 5.74) is 9.00. The lowest BCUT2D eigenvalue weighted by molar-refractivity contribution is 0.0740. The van der Waals surface area contributed by atoms with Gasteiger partial charge in [0.25, 0.3) is 5.91 Å². The molecule has 2 N–H and O–H groups in total. The van der Waals surface area contributed by atoms with Gasteiger partial charge in [-0.05, 0) is 32.8 Å². The second-order valence-electron chi connectivity index (χ2n) is 6.88. The second-order valence-corrected chi connectivity index (χ2v) is 6.88. The topological polar surface area (TPSA) is 75.4 Å². The number of hydrogen-bond donors (Lipinski definition) is 1. The number of aromatic nitrogens is 2. The molecule has 1 fully saturated rings. The Labute approximate surface area is 155 Å². The van der Waals surface area contributed by atoms with Crippen LogP contribution >= 0.6 is 0 Å². The molecule has 6 heteroatoms. The van der Waals surface area contributed by atoms with Crippen LogP contribution in [0.25, 0.3) is 0 Å². The van der Waals surface area contributed by atoms with E-state index in [0.717, 1.165) is 42.1 Å². The molecule has 1 aromatic carbocycles. The molecule has 0 radical (unpaired) electrons. The average molecular weight is 353 g/mol. The van der Waals surface area contributed by atoms with E-state index in [-0.39, 0.29) is 17.8 Å². The van der Waals surface area contributed by atoms with Crippen molar-refractivity contribution in [2.24, 2.45) is 5.73 Å². The van der Waals surface area contributed by atoms with Gasteiger partial charge in [0, 0.05) is 43.5 Å². The van der Waals surface area contributed by atoms with Gasteiger partial charge in [-0.25, -0.2) is 9.97 Å². The fourth-order valence-corrected chi connectivity index (χ4v) is 3.27. The summed E-state index contributed by atoms with van der Waals surface area (Å²) in [7, 11) is 0. The third kappa shape index (κ3) is 3.85. The van der Waals surface area contributed by atoms with Crippen LogP contribution in [-0.2, 0) is 6.54 Å². The van der Waals surface area contributed by atoms with Crippen LogP contribution in [0.15, 0.2) is 30.3 Å². The maximum Gasteiger partial charge on any atom is 0.292 e. The van der Waals surface area contributed by atoms with Crippen molar-refractivity contribution in [2.75, 3.05) is 24.5 Å². The summed E-state index contributed by atoms with van der Waals surface area (Å²) < 4.78 is 0. The van der Waals surface area contributed by atoms with Crippen molar-refractivity contribution in [3.05, 3.63) is 53.0 Å². The SMILES string of the molecule is CCN(Cc1ccccc1)C(=O)c1nc(C)c(C)c(N2CC[C@@H](N)C2)n1. The Balaban J connectivity index is 1.87. The third-order valence-electron chi connectivity index (χ3n) is 4.96. The van der Waals surface area contributed by atoms with E-state index in [1.807, 2.05) is 51.1 Å². The van der Waals surface area contributed by atoms with Crippen LogP contribution in [-0.4, -0.2) is 46.5 Å². The van der Waals surface area contributed by atoms with Crippen LogP contribution in [0.4, 0.5) is 5.82 Å². The number of nitrogens with zero attached hydrogens (tertiary/aromatic N) is 4. The van der Waals surface area contributed by atoms with Gasteiger partial charge in [0.15, 0.2) is 0 Å². The largest absolute Gasteiger partial charge is 0.355 e. The molecule has 1 atom stereocenters. The molecule has 3 rings (SSSR count). The smallest absolute Gasteiger partial charge is 0.292 e. The predicted octanol–water partition coefficient (Wildman–Crippen LogP) is 2.29. The van der Waals surface area contributed by atoms with Crippen molar-refractivity contribution < 1.29 is 4.79 Å². The maximum absolute atomic E-state index is 13.0. The summed E-state index contributed by atoms with van der Waals surface area (Å²) in [6.07, 6.45) is 0.945. The standard InChI is InChI=1S/C20H27N5O/c1-4-24(12-16-8-6-5-7-9-16)20(26)18-22-15(3)14(2)19(23-18)25-11-10-17(21)13-25/h5-9,17H,4,10-13,21H2,1-3H3/t17-/m1/s1. The van der Waals surface area contributed by atoms with Gasteiger partial charge >= 0.3 is 0 Å². The molecule has 0 aliphatic carbocycles. The van der Waals surface area contributed by atoms with Crippen LogP contribution in [0.5, 0.6) is 0 Å². The highest BCUT2D eigenvalue weighted by Gasteiger charge is 2.25.